The van der Waals surface area contributed by atoms with Crippen LogP contribution in [-0.2, 0) is 9.53 Å². The number of hydrogen-bond acceptors (Lipinski definition) is 8. The fourth-order valence-corrected chi connectivity index (χ4v) is 2.92. The van der Waals surface area contributed by atoms with Crippen molar-refractivity contribution in [3.63, 3.8) is 0 Å². The second-order valence-electron chi connectivity index (χ2n) is 6.97. The Morgan fingerprint density at radius 2 is 1.89 bits per heavy atom. The van der Waals surface area contributed by atoms with Gasteiger partial charge in [0.25, 0.3) is 11.4 Å². The van der Waals surface area contributed by atoms with Crippen molar-refractivity contribution in [2.45, 2.75) is 39.4 Å². The third-order valence-corrected chi connectivity index (χ3v) is 4.40. The number of aliphatic hydroxyl groups excluding tert-OH is 1. The van der Waals surface area contributed by atoms with E-state index >= 15 is 0 Å². The standard InChI is InChI=1S/C17H18N2O8/c1-9-6-13(20)15(17(2,3)8-14(9)21)27-16(22)11-5-4-10(18(23)24)7-12(11)19(25)26/h4-7,13,15,20H,8H2,1-3H3. The summed E-state index contributed by atoms with van der Waals surface area (Å²) in [7, 11) is 0. The molecule has 0 saturated carbocycles. The van der Waals surface area contributed by atoms with Gasteiger partial charge in [-0.2, -0.15) is 0 Å². The van der Waals surface area contributed by atoms with Gasteiger partial charge in [0.05, 0.1) is 15.9 Å². The van der Waals surface area contributed by atoms with Crippen molar-refractivity contribution in [2.75, 3.05) is 0 Å². The summed E-state index contributed by atoms with van der Waals surface area (Å²) in [5.74, 6) is -1.33. The lowest BCUT2D eigenvalue weighted by Crippen LogP contribution is -2.42. The number of carbonyl (C=O) groups is 2. The number of nitrogens with zero attached hydrogens (tertiary/aromatic N) is 2. The van der Waals surface area contributed by atoms with Crippen LogP contribution in [0.1, 0.15) is 37.6 Å². The van der Waals surface area contributed by atoms with Crippen LogP contribution in [0.2, 0.25) is 0 Å². The minimum atomic E-state index is -1.28. The third kappa shape index (κ3) is 4.17. The van der Waals surface area contributed by atoms with Crippen LogP contribution in [0, 0.1) is 25.6 Å². The fraction of sp³-hybridized carbons (Fsp3) is 0.412. The van der Waals surface area contributed by atoms with Gasteiger partial charge in [0.2, 0.25) is 0 Å². The average Bonchev–Trinajstić information content (AvgIpc) is 2.63. The lowest BCUT2D eigenvalue weighted by molar-refractivity contribution is -0.394. The smallest absolute Gasteiger partial charge is 0.345 e. The second-order valence-corrected chi connectivity index (χ2v) is 6.97. The molecule has 0 aliphatic heterocycles. The van der Waals surface area contributed by atoms with Gasteiger partial charge >= 0.3 is 5.97 Å². The van der Waals surface area contributed by atoms with Crippen molar-refractivity contribution in [2.24, 2.45) is 5.41 Å². The molecule has 0 spiro atoms. The molecule has 0 radical (unpaired) electrons. The van der Waals surface area contributed by atoms with E-state index in [9.17, 15) is 34.9 Å². The molecule has 27 heavy (non-hydrogen) atoms. The number of ketones is 1. The SMILES string of the molecule is CC1=CC(O)C(OC(=O)c2ccc([N+](=O)[O-])cc2[N+](=O)[O-])C(C)(C)CC1=O. The molecule has 1 aromatic carbocycles. The normalized spacial score (nSPS) is 21.8. The molecule has 10 heteroatoms. The van der Waals surface area contributed by atoms with Crippen molar-refractivity contribution in [1.29, 1.82) is 0 Å². The molecule has 10 nitrogen and oxygen atoms in total. The highest BCUT2D eigenvalue weighted by Gasteiger charge is 2.42. The lowest BCUT2D eigenvalue weighted by atomic mass is 9.80. The maximum Gasteiger partial charge on any atom is 0.345 e. The van der Waals surface area contributed by atoms with Crippen molar-refractivity contribution >= 4 is 23.1 Å². The maximum atomic E-state index is 12.5. The quantitative estimate of drug-likeness (QED) is 0.476. The third-order valence-electron chi connectivity index (χ3n) is 4.40. The average molecular weight is 378 g/mol. The van der Waals surface area contributed by atoms with Gasteiger partial charge in [-0.05, 0) is 24.6 Å². The van der Waals surface area contributed by atoms with Crippen LogP contribution >= 0.6 is 0 Å². The van der Waals surface area contributed by atoms with Gasteiger partial charge in [-0.1, -0.05) is 13.8 Å². The van der Waals surface area contributed by atoms with E-state index < -0.39 is 50.4 Å². The van der Waals surface area contributed by atoms with Crippen molar-refractivity contribution in [3.8, 4) is 0 Å². The first-order valence-corrected chi connectivity index (χ1v) is 7.97. The van der Waals surface area contributed by atoms with Crippen LogP contribution in [0.15, 0.2) is 29.8 Å². The summed E-state index contributed by atoms with van der Waals surface area (Å²) in [6.45, 7) is 4.79. The van der Waals surface area contributed by atoms with Crippen LogP contribution < -0.4 is 0 Å². The van der Waals surface area contributed by atoms with Gasteiger partial charge in [-0.15, -0.1) is 0 Å². The molecule has 2 rings (SSSR count). The fourth-order valence-electron chi connectivity index (χ4n) is 2.92. The zero-order chi connectivity index (χ0) is 20.5. The predicted molar refractivity (Wildman–Crippen MR) is 92.1 cm³/mol. The number of carbonyl (C=O) groups excluding carboxylic acids is 2. The van der Waals surface area contributed by atoms with E-state index in [1.807, 2.05) is 0 Å². The number of esters is 1. The lowest BCUT2D eigenvalue weighted by Gasteiger charge is -2.33. The largest absolute Gasteiger partial charge is 0.455 e. The van der Waals surface area contributed by atoms with Gasteiger partial charge in [-0.3, -0.25) is 25.0 Å². The molecule has 1 aliphatic carbocycles. The molecular weight excluding hydrogens is 360 g/mol. The Kier molecular flexibility index (Phi) is 5.41. The van der Waals surface area contributed by atoms with E-state index in [1.54, 1.807) is 13.8 Å². The highest BCUT2D eigenvalue weighted by atomic mass is 16.6. The van der Waals surface area contributed by atoms with Crippen LogP contribution in [0.4, 0.5) is 11.4 Å². The Balaban J connectivity index is 2.40. The number of rotatable bonds is 4. The first kappa shape index (κ1) is 20.2. The van der Waals surface area contributed by atoms with Gasteiger partial charge < -0.3 is 9.84 Å². The Morgan fingerprint density at radius 1 is 1.26 bits per heavy atom. The van der Waals surface area contributed by atoms with Crippen LogP contribution in [0.3, 0.4) is 0 Å². The van der Waals surface area contributed by atoms with Gasteiger partial charge in [0.1, 0.15) is 17.8 Å². The molecule has 1 aromatic rings. The molecule has 1 aliphatic rings. The Morgan fingerprint density at radius 3 is 2.44 bits per heavy atom. The highest BCUT2D eigenvalue weighted by Crippen LogP contribution is 2.36. The summed E-state index contributed by atoms with van der Waals surface area (Å²) in [4.78, 5) is 44.8. The summed E-state index contributed by atoms with van der Waals surface area (Å²) in [6, 6.07) is 2.55. The molecule has 0 aromatic heterocycles. The predicted octanol–water partition coefficient (Wildman–Crippen LogP) is 2.33. The van der Waals surface area contributed by atoms with E-state index in [2.05, 4.69) is 0 Å². The number of hydrogen-bond donors (Lipinski definition) is 1. The first-order chi connectivity index (χ1) is 12.4. The molecule has 0 fully saturated rings. The molecule has 0 heterocycles. The number of aliphatic hydroxyl groups is 1. The molecular formula is C17H18N2O8. The molecule has 2 atom stereocenters. The van der Waals surface area contributed by atoms with E-state index in [-0.39, 0.29) is 12.2 Å². The van der Waals surface area contributed by atoms with Gasteiger partial charge in [0, 0.05) is 17.9 Å². The molecule has 1 N–H and O–H groups in total. The molecule has 0 bridgehead atoms. The topological polar surface area (TPSA) is 150 Å². The van der Waals surface area contributed by atoms with Crippen molar-refractivity contribution in [1.82, 2.24) is 0 Å². The van der Waals surface area contributed by atoms with Crippen LogP contribution in [0.5, 0.6) is 0 Å². The molecule has 0 amide bonds. The monoisotopic (exact) mass is 378 g/mol. The van der Waals surface area contributed by atoms with Crippen molar-refractivity contribution < 1.29 is 29.3 Å². The Hall–Kier alpha value is -3.14. The van der Waals surface area contributed by atoms with Crippen LogP contribution in [-0.4, -0.2) is 38.9 Å². The number of ether oxygens (including phenoxy) is 1. The molecule has 144 valence electrons. The highest BCUT2D eigenvalue weighted by molar-refractivity contribution is 5.96. The first-order valence-electron chi connectivity index (χ1n) is 7.97. The summed E-state index contributed by atoms with van der Waals surface area (Å²) in [6.07, 6.45) is -1.14. The summed E-state index contributed by atoms with van der Waals surface area (Å²) >= 11 is 0. The Bertz CT molecular complexity index is 858. The minimum absolute atomic E-state index is 0.00664. The number of allylic oxidation sites excluding steroid dienone is 1. The number of nitro benzene ring substituents is 2. The number of non-ortho nitro benzene ring substituents is 1. The zero-order valence-corrected chi connectivity index (χ0v) is 14.9. The van der Waals surface area contributed by atoms with E-state index in [1.165, 1.54) is 13.0 Å². The summed E-state index contributed by atoms with van der Waals surface area (Å²) in [5, 5.41) is 32.3. The number of Topliss-reactive ketones (excluding diaryl/α,β-unsaturated/α-hetero) is 1. The maximum absolute atomic E-state index is 12.5. The number of benzene rings is 1. The van der Waals surface area contributed by atoms with Crippen LogP contribution in [0.25, 0.3) is 0 Å². The zero-order valence-electron chi connectivity index (χ0n) is 14.9. The van der Waals surface area contributed by atoms with E-state index in [0.717, 1.165) is 12.1 Å². The Labute approximate surface area is 153 Å². The van der Waals surface area contributed by atoms with Gasteiger partial charge in [-0.25, -0.2) is 4.79 Å². The van der Waals surface area contributed by atoms with E-state index in [0.29, 0.717) is 11.6 Å². The minimum Gasteiger partial charge on any atom is -0.455 e. The summed E-state index contributed by atoms with van der Waals surface area (Å²) < 4.78 is 5.31. The van der Waals surface area contributed by atoms with Crippen molar-refractivity contribution in [3.05, 3.63) is 55.6 Å². The summed E-state index contributed by atoms with van der Waals surface area (Å²) in [5.41, 5.74) is -2.41. The van der Waals surface area contributed by atoms with Gasteiger partial charge in [0.15, 0.2) is 5.78 Å². The van der Waals surface area contributed by atoms with E-state index in [4.69, 9.17) is 4.74 Å². The second kappa shape index (κ2) is 7.23. The molecule has 0 saturated heterocycles. The number of nitro groups is 2. The molecule has 2 unspecified atom stereocenters.